The van der Waals surface area contributed by atoms with Gasteiger partial charge >= 0.3 is 6.18 Å². The zero-order valence-corrected chi connectivity index (χ0v) is 17.9. The standard InChI is InChI=1S/C19H24ClF3N4O2S/c20-16-4-3-13(10-15(16)19(21,22)23)25-17(28)12-26-5-7-27(8-6-26)18(30)24-11-14-2-1-9-29-14/h3-4,10,14H,1-2,5-9,11-12H2,(H,24,30)(H,25,28). The van der Waals surface area contributed by atoms with Crippen molar-refractivity contribution in [1.29, 1.82) is 0 Å². The lowest BCUT2D eigenvalue weighted by Crippen LogP contribution is -2.53. The van der Waals surface area contributed by atoms with Crippen LogP contribution < -0.4 is 10.6 Å². The molecule has 2 aliphatic rings. The van der Waals surface area contributed by atoms with Gasteiger partial charge < -0.3 is 20.3 Å². The van der Waals surface area contributed by atoms with Crippen LogP contribution in [0, 0.1) is 0 Å². The van der Waals surface area contributed by atoms with Crippen molar-refractivity contribution in [3.8, 4) is 0 Å². The first-order valence-corrected chi connectivity index (χ1v) is 10.5. The van der Waals surface area contributed by atoms with Crippen molar-refractivity contribution in [2.45, 2.75) is 25.1 Å². The maximum absolute atomic E-state index is 13.0. The molecule has 1 unspecified atom stereocenters. The van der Waals surface area contributed by atoms with Gasteiger partial charge in [0.05, 0.1) is 23.2 Å². The molecule has 1 aromatic rings. The number of anilines is 1. The number of benzene rings is 1. The molecule has 1 atom stereocenters. The normalized spacial score (nSPS) is 20.3. The van der Waals surface area contributed by atoms with Gasteiger partial charge in [-0.1, -0.05) is 11.6 Å². The Bertz CT molecular complexity index is 767. The predicted octanol–water partition coefficient (Wildman–Crippen LogP) is 2.97. The van der Waals surface area contributed by atoms with E-state index in [0.29, 0.717) is 37.8 Å². The third-order valence-electron chi connectivity index (χ3n) is 5.09. The Morgan fingerprint density at radius 2 is 2.00 bits per heavy atom. The second kappa shape index (κ2) is 10.1. The molecule has 0 spiro atoms. The van der Waals surface area contributed by atoms with Crippen molar-refractivity contribution in [1.82, 2.24) is 15.1 Å². The molecule has 3 rings (SSSR count). The minimum Gasteiger partial charge on any atom is -0.376 e. The van der Waals surface area contributed by atoms with Crippen LogP contribution in [-0.2, 0) is 15.7 Å². The van der Waals surface area contributed by atoms with E-state index < -0.39 is 16.8 Å². The maximum atomic E-state index is 13.0. The van der Waals surface area contributed by atoms with Crippen LogP contribution in [0.2, 0.25) is 5.02 Å². The Kier molecular flexibility index (Phi) is 7.78. The molecule has 1 aromatic carbocycles. The average molecular weight is 465 g/mol. The molecule has 0 radical (unpaired) electrons. The van der Waals surface area contributed by atoms with E-state index in [1.165, 1.54) is 6.07 Å². The Balaban J connectivity index is 1.42. The van der Waals surface area contributed by atoms with Crippen molar-refractivity contribution < 1.29 is 22.7 Å². The molecule has 2 N–H and O–H groups in total. The Labute approximate surface area is 183 Å². The Morgan fingerprint density at radius 1 is 1.27 bits per heavy atom. The second-order valence-electron chi connectivity index (χ2n) is 7.32. The lowest BCUT2D eigenvalue weighted by atomic mass is 10.2. The van der Waals surface area contributed by atoms with Crippen LogP contribution in [0.25, 0.3) is 0 Å². The van der Waals surface area contributed by atoms with E-state index >= 15 is 0 Å². The third kappa shape index (κ3) is 6.44. The van der Waals surface area contributed by atoms with Gasteiger partial charge in [-0.3, -0.25) is 9.69 Å². The number of hydrogen-bond donors (Lipinski definition) is 2. The molecule has 0 aromatic heterocycles. The van der Waals surface area contributed by atoms with Gasteiger partial charge in [0, 0.05) is 45.0 Å². The first-order chi connectivity index (χ1) is 14.2. The van der Waals surface area contributed by atoms with Gasteiger partial charge in [-0.05, 0) is 43.3 Å². The number of hydrogen-bond acceptors (Lipinski definition) is 4. The maximum Gasteiger partial charge on any atom is 0.417 e. The van der Waals surface area contributed by atoms with Gasteiger partial charge in [0.15, 0.2) is 5.11 Å². The number of carbonyl (C=O) groups excluding carboxylic acids is 1. The largest absolute Gasteiger partial charge is 0.417 e. The third-order valence-corrected chi connectivity index (χ3v) is 5.82. The number of amides is 1. The number of ether oxygens (including phenoxy) is 1. The van der Waals surface area contributed by atoms with E-state index in [2.05, 4.69) is 10.6 Å². The van der Waals surface area contributed by atoms with Crippen molar-refractivity contribution in [3.63, 3.8) is 0 Å². The average Bonchev–Trinajstić information content (AvgIpc) is 3.21. The molecule has 2 aliphatic heterocycles. The molecular formula is C19H24ClF3N4O2S. The fourth-order valence-corrected chi connectivity index (χ4v) is 3.94. The number of halogens is 4. The van der Waals surface area contributed by atoms with E-state index in [1.54, 1.807) is 0 Å². The fraction of sp³-hybridized carbons (Fsp3) is 0.579. The lowest BCUT2D eigenvalue weighted by molar-refractivity contribution is -0.137. The van der Waals surface area contributed by atoms with Gasteiger partial charge in [0.2, 0.25) is 5.91 Å². The number of nitrogens with zero attached hydrogens (tertiary/aromatic N) is 2. The number of thiocarbonyl (C=S) groups is 1. The molecule has 166 valence electrons. The summed E-state index contributed by atoms with van der Waals surface area (Å²) >= 11 is 11.0. The Morgan fingerprint density at radius 3 is 2.63 bits per heavy atom. The number of nitrogens with one attached hydrogen (secondary N) is 2. The minimum absolute atomic E-state index is 0.0647. The van der Waals surface area contributed by atoms with E-state index in [1.807, 2.05) is 9.80 Å². The summed E-state index contributed by atoms with van der Waals surface area (Å²) in [6.07, 6.45) is -2.26. The summed E-state index contributed by atoms with van der Waals surface area (Å²) in [5.41, 5.74) is -0.908. The van der Waals surface area contributed by atoms with E-state index in [0.717, 1.165) is 31.6 Å². The highest BCUT2D eigenvalue weighted by Crippen LogP contribution is 2.36. The molecule has 11 heteroatoms. The van der Waals surface area contributed by atoms with Crippen molar-refractivity contribution in [2.24, 2.45) is 0 Å². The second-order valence-corrected chi connectivity index (χ2v) is 8.12. The van der Waals surface area contributed by atoms with Crippen LogP contribution in [0.3, 0.4) is 0 Å². The molecule has 0 aliphatic carbocycles. The van der Waals surface area contributed by atoms with Gasteiger partial charge in [-0.2, -0.15) is 13.2 Å². The predicted molar refractivity (Wildman–Crippen MR) is 113 cm³/mol. The van der Waals surface area contributed by atoms with Crippen LogP contribution in [0.5, 0.6) is 0 Å². The molecule has 1 amide bonds. The summed E-state index contributed by atoms with van der Waals surface area (Å²) in [5.74, 6) is -0.377. The van der Waals surface area contributed by atoms with Gasteiger partial charge in [-0.25, -0.2) is 0 Å². The van der Waals surface area contributed by atoms with Crippen LogP contribution in [-0.4, -0.2) is 72.8 Å². The highest BCUT2D eigenvalue weighted by atomic mass is 35.5. The summed E-state index contributed by atoms with van der Waals surface area (Å²) in [6, 6.07) is 3.32. The minimum atomic E-state index is -4.58. The monoisotopic (exact) mass is 464 g/mol. The number of rotatable bonds is 5. The molecule has 6 nitrogen and oxygen atoms in total. The number of piperazine rings is 1. The molecule has 2 fully saturated rings. The molecule has 0 saturated carbocycles. The summed E-state index contributed by atoms with van der Waals surface area (Å²) in [5, 5.41) is 6.02. The summed E-state index contributed by atoms with van der Waals surface area (Å²) in [7, 11) is 0. The van der Waals surface area contributed by atoms with E-state index in [4.69, 9.17) is 28.6 Å². The van der Waals surface area contributed by atoms with Gasteiger partial charge in [0.25, 0.3) is 0 Å². The quantitative estimate of drug-likeness (QED) is 0.653. The molecule has 2 heterocycles. The zero-order valence-electron chi connectivity index (χ0n) is 16.3. The fourth-order valence-electron chi connectivity index (χ4n) is 3.45. The topological polar surface area (TPSA) is 56.8 Å². The highest BCUT2D eigenvalue weighted by Gasteiger charge is 2.33. The number of carbonyl (C=O) groups is 1. The van der Waals surface area contributed by atoms with Crippen LogP contribution in [0.1, 0.15) is 18.4 Å². The molecular weight excluding hydrogens is 441 g/mol. The summed E-state index contributed by atoms with van der Waals surface area (Å²) < 4.78 is 44.4. The van der Waals surface area contributed by atoms with Crippen LogP contribution in [0.15, 0.2) is 18.2 Å². The van der Waals surface area contributed by atoms with Crippen LogP contribution in [0.4, 0.5) is 18.9 Å². The smallest absolute Gasteiger partial charge is 0.376 e. The van der Waals surface area contributed by atoms with Gasteiger partial charge in [-0.15, -0.1) is 0 Å². The Hall–Kier alpha value is -1.62. The lowest BCUT2D eigenvalue weighted by Gasteiger charge is -2.36. The zero-order chi connectivity index (χ0) is 21.7. The van der Waals surface area contributed by atoms with Crippen molar-refractivity contribution in [2.75, 3.05) is 51.2 Å². The van der Waals surface area contributed by atoms with Crippen molar-refractivity contribution >= 4 is 40.5 Å². The van der Waals surface area contributed by atoms with Crippen molar-refractivity contribution in [3.05, 3.63) is 28.8 Å². The van der Waals surface area contributed by atoms with E-state index in [9.17, 15) is 18.0 Å². The first-order valence-electron chi connectivity index (χ1n) is 9.75. The highest BCUT2D eigenvalue weighted by molar-refractivity contribution is 7.80. The molecule has 30 heavy (non-hydrogen) atoms. The van der Waals surface area contributed by atoms with Gasteiger partial charge in [0.1, 0.15) is 0 Å². The first kappa shape index (κ1) is 23.1. The molecule has 0 bridgehead atoms. The number of alkyl halides is 3. The van der Waals surface area contributed by atoms with E-state index in [-0.39, 0.29) is 24.2 Å². The summed E-state index contributed by atoms with van der Waals surface area (Å²) in [4.78, 5) is 16.2. The molecule has 2 saturated heterocycles. The van der Waals surface area contributed by atoms with Crippen LogP contribution >= 0.6 is 23.8 Å². The summed E-state index contributed by atoms with van der Waals surface area (Å²) in [6.45, 7) is 4.19. The SMILES string of the molecule is O=C(CN1CCN(C(=S)NCC2CCCO2)CC1)Nc1ccc(Cl)c(C(F)(F)F)c1.